The molecule has 0 bridgehead atoms. The zero-order chi connectivity index (χ0) is 17.4. The molecule has 138 valence electrons. The fraction of sp³-hybridized carbons (Fsp3) is 0.789. The number of ether oxygens (including phenoxy) is 1. The average molecular weight is 364 g/mol. The van der Waals surface area contributed by atoms with Crippen LogP contribution in [-0.4, -0.2) is 59.1 Å². The van der Waals surface area contributed by atoms with E-state index >= 15 is 0 Å². The van der Waals surface area contributed by atoms with E-state index in [0.717, 1.165) is 62.2 Å². The summed E-state index contributed by atoms with van der Waals surface area (Å²) < 4.78 is 6.01. The van der Waals surface area contributed by atoms with Crippen molar-refractivity contribution in [2.24, 2.45) is 11.8 Å². The summed E-state index contributed by atoms with van der Waals surface area (Å²) in [5.74, 6) is 1.39. The molecule has 0 N–H and O–H groups in total. The third kappa shape index (κ3) is 3.76. The van der Waals surface area contributed by atoms with Crippen molar-refractivity contribution in [1.82, 2.24) is 14.8 Å². The number of morpholine rings is 1. The van der Waals surface area contributed by atoms with Gasteiger partial charge >= 0.3 is 0 Å². The van der Waals surface area contributed by atoms with Crippen LogP contribution in [0.1, 0.15) is 43.3 Å². The van der Waals surface area contributed by atoms with Gasteiger partial charge in [0.05, 0.1) is 29.5 Å². The van der Waals surface area contributed by atoms with Crippen LogP contribution in [0.25, 0.3) is 0 Å². The second-order valence-corrected chi connectivity index (χ2v) is 9.07. The maximum absolute atomic E-state index is 13.0. The van der Waals surface area contributed by atoms with Crippen molar-refractivity contribution in [3.63, 3.8) is 0 Å². The summed E-state index contributed by atoms with van der Waals surface area (Å²) in [6.45, 7) is 8.50. The second-order valence-electron chi connectivity index (χ2n) is 8.00. The molecule has 0 spiro atoms. The lowest BCUT2D eigenvalue weighted by Crippen LogP contribution is -2.50. The summed E-state index contributed by atoms with van der Waals surface area (Å²) >= 11 is 1.71. The first-order chi connectivity index (χ1) is 12.1. The van der Waals surface area contributed by atoms with Crippen LogP contribution in [0.5, 0.6) is 0 Å². The highest BCUT2D eigenvalue weighted by Gasteiger charge is 2.43. The van der Waals surface area contributed by atoms with Gasteiger partial charge in [-0.3, -0.25) is 9.69 Å². The molecular formula is C19H29N3O2S. The Labute approximate surface area is 154 Å². The number of nitrogens with zero attached hydrogens (tertiary/aromatic N) is 3. The number of aryl methyl sites for hydroxylation is 1. The van der Waals surface area contributed by atoms with Crippen LogP contribution in [-0.2, 0) is 16.1 Å². The van der Waals surface area contributed by atoms with E-state index in [1.807, 2.05) is 0 Å². The molecule has 3 aliphatic rings. The van der Waals surface area contributed by atoms with Gasteiger partial charge < -0.3 is 9.64 Å². The van der Waals surface area contributed by atoms with E-state index in [4.69, 9.17) is 4.74 Å². The molecule has 1 amide bonds. The lowest BCUT2D eigenvalue weighted by molar-refractivity contribution is -0.136. The molecule has 0 unspecified atom stereocenters. The minimum Gasteiger partial charge on any atom is -0.373 e. The summed E-state index contributed by atoms with van der Waals surface area (Å²) in [6, 6.07) is 0.322. The highest BCUT2D eigenvalue weighted by atomic mass is 32.1. The van der Waals surface area contributed by atoms with Gasteiger partial charge in [-0.2, -0.15) is 0 Å². The minimum atomic E-state index is 0.167. The molecular weight excluding hydrogens is 334 g/mol. The van der Waals surface area contributed by atoms with Crippen LogP contribution < -0.4 is 0 Å². The molecule has 2 aliphatic heterocycles. The van der Waals surface area contributed by atoms with Gasteiger partial charge in [-0.25, -0.2) is 4.98 Å². The number of thiazole rings is 1. The van der Waals surface area contributed by atoms with E-state index in [-0.39, 0.29) is 12.0 Å². The number of hydrogen-bond acceptors (Lipinski definition) is 5. The normalized spacial score (nSPS) is 33.4. The Hall–Kier alpha value is -0.980. The molecule has 1 saturated carbocycles. The van der Waals surface area contributed by atoms with Gasteiger partial charge in [-0.15, -0.1) is 11.3 Å². The van der Waals surface area contributed by atoms with Crippen molar-refractivity contribution in [3.05, 3.63) is 16.1 Å². The molecule has 3 fully saturated rings. The number of amides is 1. The van der Waals surface area contributed by atoms with Gasteiger partial charge in [0.2, 0.25) is 5.91 Å². The van der Waals surface area contributed by atoms with E-state index in [1.165, 1.54) is 12.8 Å². The molecule has 1 aromatic rings. The summed E-state index contributed by atoms with van der Waals surface area (Å²) in [5.41, 5.74) is 1.15. The second kappa shape index (κ2) is 7.33. The topological polar surface area (TPSA) is 45.7 Å². The van der Waals surface area contributed by atoms with Gasteiger partial charge in [0.25, 0.3) is 0 Å². The number of aromatic nitrogens is 1. The van der Waals surface area contributed by atoms with Crippen molar-refractivity contribution in [1.29, 1.82) is 0 Å². The van der Waals surface area contributed by atoms with Crippen LogP contribution >= 0.6 is 11.3 Å². The molecule has 0 radical (unpaired) electrons. The monoisotopic (exact) mass is 363 g/mol. The van der Waals surface area contributed by atoms with E-state index in [9.17, 15) is 4.79 Å². The predicted octanol–water partition coefficient (Wildman–Crippen LogP) is 2.69. The Kier molecular flexibility index (Phi) is 5.11. The lowest BCUT2D eigenvalue weighted by atomic mass is 9.82. The Morgan fingerprint density at radius 2 is 2.12 bits per heavy atom. The maximum Gasteiger partial charge on any atom is 0.225 e. The highest BCUT2D eigenvalue weighted by molar-refractivity contribution is 7.09. The molecule has 25 heavy (non-hydrogen) atoms. The zero-order valence-corrected chi connectivity index (χ0v) is 16.1. The number of likely N-dealkylation sites (tertiary alicyclic amines) is 1. The molecule has 3 heterocycles. The van der Waals surface area contributed by atoms with Crippen LogP contribution in [0.2, 0.25) is 0 Å². The van der Waals surface area contributed by atoms with Crippen molar-refractivity contribution in [2.45, 2.75) is 58.2 Å². The first kappa shape index (κ1) is 17.4. The van der Waals surface area contributed by atoms with Gasteiger partial charge in [0, 0.05) is 37.5 Å². The molecule has 4 rings (SSSR count). The van der Waals surface area contributed by atoms with E-state index in [0.29, 0.717) is 11.9 Å². The SMILES string of the molecule is Cc1nc(CN2CCO[C@H]3CN(C(=O)C4CCC(C)CC4)C[C@H]32)cs1. The van der Waals surface area contributed by atoms with Crippen LogP contribution in [0.15, 0.2) is 5.38 Å². The third-order valence-corrected chi connectivity index (χ3v) is 6.95. The molecule has 6 heteroatoms. The Morgan fingerprint density at radius 1 is 1.32 bits per heavy atom. The number of carbonyl (C=O) groups is 1. The summed E-state index contributed by atoms with van der Waals surface area (Å²) in [4.78, 5) is 22.1. The third-order valence-electron chi connectivity index (χ3n) is 6.12. The Morgan fingerprint density at radius 3 is 2.84 bits per heavy atom. The highest BCUT2D eigenvalue weighted by Crippen LogP contribution is 2.32. The molecule has 0 aromatic carbocycles. The van der Waals surface area contributed by atoms with Crippen molar-refractivity contribution < 1.29 is 9.53 Å². The number of hydrogen-bond donors (Lipinski definition) is 0. The van der Waals surface area contributed by atoms with Crippen LogP contribution in [0, 0.1) is 18.8 Å². The van der Waals surface area contributed by atoms with Gasteiger partial charge in [0.1, 0.15) is 0 Å². The largest absolute Gasteiger partial charge is 0.373 e. The first-order valence-electron chi connectivity index (χ1n) is 9.65. The standard InChI is InChI=1S/C19H29N3O2S/c1-13-3-5-15(6-4-13)19(23)22-10-17-18(11-22)24-8-7-21(17)9-16-12-25-14(2)20-16/h12-13,15,17-18H,3-11H2,1-2H3/t13?,15?,17-,18+/m1/s1. The quantitative estimate of drug-likeness (QED) is 0.828. The van der Waals surface area contributed by atoms with Crippen molar-refractivity contribution in [2.75, 3.05) is 26.2 Å². The molecule has 2 atom stereocenters. The number of fused-ring (bicyclic) bond motifs is 1. The molecule has 1 aromatic heterocycles. The molecule has 1 aliphatic carbocycles. The lowest BCUT2D eigenvalue weighted by Gasteiger charge is -2.36. The Bertz CT molecular complexity index is 612. The summed E-state index contributed by atoms with van der Waals surface area (Å²) in [6.07, 6.45) is 4.69. The van der Waals surface area contributed by atoms with Crippen molar-refractivity contribution in [3.8, 4) is 0 Å². The fourth-order valence-corrected chi connectivity index (χ4v) is 5.19. The van der Waals surface area contributed by atoms with Crippen LogP contribution in [0.4, 0.5) is 0 Å². The summed E-state index contributed by atoms with van der Waals surface area (Å²) in [7, 11) is 0. The minimum absolute atomic E-state index is 0.167. The maximum atomic E-state index is 13.0. The predicted molar refractivity (Wildman–Crippen MR) is 98.5 cm³/mol. The number of carbonyl (C=O) groups excluding carboxylic acids is 1. The van der Waals surface area contributed by atoms with Crippen molar-refractivity contribution >= 4 is 17.2 Å². The van der Waals surface area contributed by atoms with E-state index in [2.05, 4.69) is 34.0 Å². The summed E-state index contributed by atoms with van der Waals surface area (Å²) in [5, 5.41) is 3.27. The van der Waals surface area contributed by atoms with Crippen LogP contribution in [0.3, 0.4) is 0 Å². The van der Waals surface area contributed by atoms with Gasteiger partial charge in [-0.1, -0.05) is 6.92 Å². The molecule has 2 saturated heterocycles. The zero-order valence-electron chi connectivity index (χ0n) is 15.3. The number of rotatable bonds is 3. The van der Waals surface area contributed by atoms with Gasteiger partial charge in [-0.05, 0) is 38.5 Å². The Balaban J connectivity index is 1.39. The average Bonchev–Trinajstić information content (AvgIpc) is 3.22. The van der Waals surface area contributed by atoms with Gasteiger partial charge in [0.15, 0.2) is 0 Å². The first-order valence-corrected chi connectivity index (χ1v) is 10.5. The molecule has 5 nitrogen and oxygen atoms in total. The van der Waals surface area contributed by atoms with E-state index in [1.54, 1.807) is 11.3 Å². The smallest absolute Gasteiger partial charge is 0.225 e. The fourth-order valence-electron chi connectivity index (χ4n) is 4.59. The van der Waals surface area contributed by atoms with E-state index < -0.39 is 0 Å².